The first-order valence-corrected chi connectivity index (χ1v) is 44.0. The standard InChI is InChI=1S/C26H28N4O2.C25H25FN4O2.2C25H26N4O2/c1-16-6-9-22(29-14-16)32-21-13-19-7-8-20(21)30(15-19)26(31)25-23(17(2)10-12-28-25)24-18(3)5-4-11-27-24;1-15-5-8-22(28-12-15)32-21-11-17-6-7-20(21)30(14-17)25(31)24-18(10-16(2)13-29-24)23-19(26)4-3-9-27-23;1-16-7-10-22(28-14-16)31-21-13-18-8-9-20(21)29(15-18)25(30)19-6-4-12-27-24(19)23-17(2)5-3-11-26-23;1-16-7-10-22(28-14-16)31-21-13-18-8-9-20(21)29(15-18)25(30)24-19(6-4-12-27-24)23-17(2)5-3-11-26-23/h4-6,9-12,14,19-21H,7-8,13,15H2,1-3H3;3-5,8-10,12-13,17,20-21H,6-7,11,14H2,1-2H3;2*3-7,10-12,14,18,20-21H,8-9,13,15H2,1-2H3. The van der Waals surface area contributed by atoms with E-state index in [1.165, 1.54) is 18.3 Å². The molecule has 12 aromatic rings. The summed E-state index contributed by atoms with van der Waals surface area (Å²) in [5.74, 6) is 3.38. The summed E-state index contributed by atoms with van der Waals surface area (Å²) < 4.78 is 39.5. The lowest BCUT2D eigenvalue weighted by Crippen LogP contribution is -2.59. The van der Waals surface area contributed by atoms with Crippen molar-refractivity contribution < 1.29 is 42.5 Å². The first kappa shape index (κ1) is 85.0. The number of ether oxygens (including phenoxy) is 4. The summed E-state index contributed by atoms with van der Waals surface area (Å²) in [5.41, 5.74) is 16.2. The maximum atomic E-state index is 14.5. The highest BCUT2D eigenvalue weighted by Gasteiger charge is 2.50. The van der Waals surface area contributed by atoms with Gasteiger partial charge in [-0.1, -0.05) is 42.5 Å². The highest BCUT2D eigenvalue weighted by molar-refractivity contribution is 6.02. The predicted octanol–water partition coefficient (Wildman–Crippen LogP) is 17.4. The molecule has 24 rings (SSSR count). The third kappa shape index (κ3) is 18.6. The fraction of sp³-hybridized carbons (Fsp3) is 0.366. The summed E-state index contributed by atoms with van der Waals surface area (Å²) in [5, 5.41) is 0. The fourth-order valence-electron chi connectivity index (χ4n) is 19.6. The molecule has 12 atom stereocenters. The van der Waals surface area contributed by atoms with Crippen LogP contribution in [0, 0.1) is 91.8 Å². The highest BCUT2D eigenvalue weighted by atomic mass is 19.1. The van der Waals surface area contributed by atoms with Crippen molar-refractivity contribution in [3.63, 3.8) is 0 Å². The molecule has 0 aromatic carbocycles. The molecular formula is C101H105FN16O8. The Kier molecular flexibility index (Phi) is 25.4. The maximum Gasteiger partial charge on any atom is 0.273 e. The highest BCUT2D eigenvalue weighted by Crippen LogP contribution is 2.45. The van der Waals surface area contributed by atoms with Crippen molar-refractivity contribution >= 4 is 23.6 Å². The normalized spacial score (nSPS) is 22.2. The Hall–Kier alpha value is -13.2. The molecule has 0 spiro atoms. The van der Waals surface area contributed by atoms with Crippen LogP contribution in [0.2, 0.25) is 0 Å². The molecule has 4 amide bonds. The Balaban J connectivity index is 0.000000119. The van der Waals surface area contributed by atoms with E-state index in [0.29, 0.717) is 81.9 Å². The van der Waals surface area contributed by atoms with Gasteiger partial charge in [-0.2, -0.15) is 0 Å². The molecule has 24 nitrogen and oxygen atoms in total. The van der Waals surface area contributed by atoms with Gasteiger partial charge in [-0.15, -0.1) is 0 Å². The smallest absolute Gasteiger partial charge is 0.273 e. The van der Waals surface area contributed by atoms with Crippen molar-refractivity contribution in [3.05, 3.63) is 286 Å². The number of aromatic nitrogens is 12. The largest absolute Gasteiger partial charge is 0.472 e. The van der Waals surface area contributed by atoms with Crippen LogP contribution in [0.4, 0.5) is 4.39 Å². The number of amides is 4. The maximum absolute atomic E-state index is 14.5. The van der Waals surface area contributed by atoms with Crippen LogP contribution in [0.5, 0.6) is 23.5 Å². The van der Waals surface area contributed by atoms with E-state index in [2.05, 4.69) is 59.8 Å². The van der Waals surface area contributed by atoms with Gasteiger partial charge >= 0.3 is 0 Å². The second-order valence-corrected chi connectivity index (χ2v) is 35.0. The zero-order chi connectivity index (χ0) is 87.2. The quantitative estimate of drug-likeness (QED) is 0.0869. The number of hydrogen-bond donors (Lipinski definition) is 0. The van der Waals surface area contributed by atoms with Gasteiger partial charge in [-0.3, -0.25) is 59.0 Å². The number of carbonyl (C=O) groups is 4. The summed E-state index contributed by atoms with van der Waals surface area (Å²) in [7, 11) is 0. The van der Waals surface area contributed by atoms with Crippen LogP contribution in [0.3, 0.4) is 0 Å². The molecule has 4 saturated carbocycles. The van der Waals surface area contributed by atoms with Crippen LogP contribution in [-0.2, 0) is 0 Å². The SMILES string of the molecule is Cc1ccc(OC2CC3CCC2N(C(=O)c2cccnc2-c2ncccc2C)C3)nc1.Cc1ccc(OC2CC3CCC2N(C(=O)c2ncc(C)cc2-c2ncccc2F)C3)nc1.Cc1ccc(OC2CC3CCC2N(C(=O)c2nccc(C)c2-c2ncccc2C)C3)nc1.Cc1ccc(OC2CC3CCC2N(C(=O)c2ncccc2-c2ncccc2C)C3)nc1. The second-order valence-electron chi connectivity index (χ2n) is 35.0. The summed E-state index contributed by atoms with van der Waals surface area (Å²) in [6.07, 6.45) is 32.5. The van der Waals surface area contributed by atoms with E-state index in [1.807, 2.05) is 216 Å². The molecule has 8 aliphatic heterocycles. The molecule has 4 aliphatic carbocycles. The first-order valence-electron chi connectivity index (χ1n) is 44.0. The molecule has 0 radical (unpaired) electrons. The lowest BCUT2D eigenvalue weighted by Gasteiger charge is -2.49. The Morgan fingerprint density at radius 3 is 1.06 bits per heavy atom. The number of pyridine rings is 12. The van der Waals surface area contributed by atoms with Crippen LogP contribution < -0.4 is 18.9 Å². The van der Waals surface area contributed by atoms with Crippen molar-refractivity contribution in [3.8, 4) is 68.7 Å². The first-order chi connectivity index (χ1) is 61.2. The average Bonchev–Trinajstić information content (AvgIpc) is 0.777. The molecule has 12 aromatic heterocycles. The molecule has 126 heavy (non-hydrogen) atoms. The van der Waals surface area contributed by atoms with Crippen LogP contribution in [0.25, 0.3) is 45.2 Å². The zero-order valence-corrected chi connectivity index (χ0v) is 72.7. The lowest BCUT2D eigenvalue weighted by atomic mass is 9.77. The number of carbonyl (C=O) groups excluding carboxylic acids is 4. The van der Waals surface area contributed by atoms with E-state index < -0.39 is 5.82 Å². The van der Waals surface area contributed by atoms with Crippen molar-refractivity contribution in [1.29, 1.82) is 0 Å². The van der Waals surface area contributed by atoms with Crippen molar-refractivity contribution in [2.24, 2.45) is 23.7 Å². The molecule has 644 valence electrons. The van der Waals surface area contributed by atoms with E-state index in [4.69, 9.17) is 18.9 Å². The molecule has 8 saturated heterocycles. The van der Waals surface area contributed by atoms with E-state index in [1.54, 1.807) is 55.6 Å². The summed E-state index contributed by atoms with van der Waals surface area (Å²) >= 11 is 0. The number of nitrogens with zero attached hydrogens (tertiary/aromatic N) is 16. The molecule has 0 N–H and O–H groups in total. The van der Waals surface area contributed by atoms with Crippen LogP contribution >= 0.6 is 0 Å². The van der Waals surface area contributed by atoms with Gasteiger partial charge in [0.25, 0.3) is 23.6 Å². The van der Waals surface area contributed by atoms with Crippen LogP contribution in [0.1, 0.15) is 169 Å². The topological polar surface area (TPSA) is 273 Å². The van der Waals surface area contributed by atoms with Gasteiger partial charge in [-0.05, 0) is 280 Å². The molecule has 8 bridgehead atoms. The van der Waals surface area contributed by atoms with Gasteiger partial charge < -0.3 is 38.5 Å². The minimum absolute atomic E-state index is 0.00742. The van der Waals surface area contributed by atoms with Gasteiger partial charge in [0.2, 0.25) is 23.5 Å². The van der Waals surface area contributed by atoms with Crippen LogP contribution in [-0.4, -0.2) is 178 Å². The minimum Gasteiger partial charge on any atom is -0.472 e. The third-order valence-electron chi connectivity index (χ3n) is 25.9. The Morgan fingerprint density at radius 2 is 0.651 bits per heavy atom. The lowest BCUT2D eigenvalue weighted by molar-refractivity contribution is -0.0316. The Morgan fingerprint density at radius 1 is 0.302 bits per heavy atom. The zero-order valence-electron chi connectivity index (χ0n) is 72.7. The van der Waals surface area contributed by atoms with Gasteiger partial charge in [0, 0.05) is 141 Å². The van der Waals surface area contributed by atoms with Gasteiger partial charge in [0.15, 0.2) is 0 Å². The van der Waals surface area contributed by atoms with Gasteiger partial charge in [-0.25, -0.2) is 24.3 Å². The predicted molar refractivity (Wildman–Crippen MR) is 476 cm³/mol. The number of piperidine rings is 8. The molecular weight excluding hydrogens is 1580 g/mol. The summed E-state index contributed by atoms with van der Waals surface area (Å²) in [6.45, 7) is 20.8. The van der Waals surface area contributed by atoms with E-state index in [-0.39, 0.29) is 83.6 Å². The van der Waals surface area contributed by atoms with Crippen molar-refractivity contribution in [2.45, 2.75) is 188 Å². The third-order valence-corrected chi connectivity index (χ3v) is 25.9. The van der Waals surface area contributed by atoms with E-state index >= 15 is 0 Å². The summed E-state index contributed by atoms with van der Waals surface area (Å²) in [4.78, 5) is 116. The monoisotopic (exact) mass is 1690 g/mol. The number of fused-ring (bicyclic) bond motifs is 12. The Labute approximate surface area is 734 Å². The Bertz CT molecular complexity index is 5750. The number of rotatable bonds is 16. The molecule has 12 aliphatic rings. The number of halogens is 1. The molecule has 20 heterocycles. The van der Waals surface area contributed by atoms with E-state index in [0.717, 1.165) is 175 Å². The summed E-state index contributed by atoms with van der Waals surface area (Å²) in [6, 6.07) is 41.4. The van der Waals surface area contributed by atoms with Crippen LogP contribution in [0.15, 0.2) is 208 Å². The molecule has 25 heteroatoms. The number of aryl methyl sites for hydroxylation is 9. The van der Waals surface area contributed by atoms with Crippen molar-refractivity contribution in [2.75, 3.05) is 26.2 Å². The molecule has 12 unspecified atom stereocenters. The van der Waals surface area contributed by atoms with Gasteiger partial charge in [0.05, 0.1) is 46.8 Å². The van der Waals surface area contributed by atoms with Gasteiger partial charge in [0.1, 0.15) is 58.7 Å². The minimum atomic E-state index is -0.472. The molecule has 12 fully saturated rings. The number of hydrogen-bond acceptors (Lipinski definition) is 20. The fourth-order valence-corrected chi connectivity index (χ4v) is 19.6. The average molecular weight is 1690 g/mol. The van der Waals surface area contributed by atoms with Crippen molar-refractivity contribution in [1.82, 2.24) is 79.4 Å². The second kappa shape index (κ2) is 37.7. The van der Waals surface area contributed by atoms with E-state index in [9.17, 15) is 23.6 Å².